The molecule has 1 unspecified atom stereocenters. The number of amides is 1. The third-order valence-corrected chi connectivity index (χ3v) is 2.72. The van der Waals surface area contributed by atoms with Gasteiger partial charge in [0.25, 0.3) is 5.91 Å². The molecule has 2 rings (SSSR count). The molecule has 1 aromatic rings. The van der Waals surface area contributed by atoms with Gasteiger partial charge in [-0.15, -0.1) is 11.6 Å². The number of carbonyl (C=O) groups is 1. The number of hydrogen-bond donors (Lipinski definition) is 1. The number of ether oxygens (including phenoxy) is 3. The van der Waals surface area contributed by atoms with Crippen molar-refractivity contribution in [2.45, 2.75) is 6.10 Å². The van der Waals surface area contributed by atoms with Gasteiger partial charge in [0, 0.05) is 12.4 Å². The van der Waals surface area contributed by atoms with Crippen LogP contribution in [-0.4, -0.2) is 44.3 Å². The lowest BCUT2D eigenvalue weighted by Crippen LogP contribution is -2.44. The van der Waals surface area contributed by atoms with Crippen LogP contribution in [0.5, 0.6) is 11.5 Å². The lowest BCUT2D eigenvalue weighted by molar-refractivity contribution is -0.130. The number of rotatable bonds is 6. The first-order valence-electron chi connectivity index (χ1n) is 6.11. The minimum atomic E-state index is -0.622. The Morgan fingerprint density at radius 3 is 2.95 bits per heavy atom. The van der Waals surface area contributed by atoms with Gasteiger partial charge in [0.1, 0.15) is 6.61 Å². The minimum Gasteiger partial charge on any atom is -0.485 e. The molecular weight excluding hydrogens is 270 g/mol. The van der Waals surface area contributed by atoms with Crippen LogP contribution < -0.4 is 14.8 Å². The molecular formula is C13H16ClNO4. The van der Waals surface area contributed by atoms with E-state index in [1.165, 1.54) is 0 Å². The van der Waals surface area contributed by atoms with Gasteiger partial charge in [0.05, 0.1) is 13.2 Å². The Morgan fingerprint density at radius 2 is 2.16 bits per heavy atom. The van der Waals surface area contributed by atoms with E-state index in [0.717, 1.165) is 0 Å². The van der Waals surface area contributed by atoms with Gasteiger partial charge in [-0.05, 0) is 12.1 Å². The third-order valence-electron chi connectivity index (χ3n) is 2.57. The Bertz CT molecular complexity index is 427. The molecule has 0 aliphatic carbocycles. The zero-order valence-corrected chi connectivity index (χ0v) is 11.2. The fraction of sp³-hybridized carbons (Fsp3) is 0.462. The number of hydrogen-bond acceptors (Lipinski definition) is 4. The predicted octanol–water partition coefficient (Wildman–Crippen LogP) is 1.20. The van der Waals surface area contributed by atoms with Gasteiger partial charge < -0.3 is 19.5 Å². The zero-order valence-electron chi connectivity index (χ0n) is 10.4. The molecule has 5 nitrogen and oxygen atoms in total. The standard InChI is InChI=1S/C13H16ClNO4/c14-5-7-17-8-6-15-13(16)12-9-18-10-3-1-2-4-11(10)19-12/h1-4,12H,5-9H2,(H,15,16). The van der Waals surface area contributed by atoms with Gasteiger partial charge in [-0.1, -0.05) is 12.1 Å². The summed E-state index contributed by atoms with van der Waals surface area (Å²) in [6.45, 7) is 1.55. The lowest BCUT2D eigenvalue weighted by atomic mass is 10.2. The van der Waals surface area contributed by atoms with Gasteiger partial charge in [-0.3, -0.25) is 4.79 Å². The molecule has 0 saturated heterocycles. The molecule has 1 aliphatic heterocycles. The van der Waals surface area contributed by atoms with Crippen molar-refractivity contribution in [3.05, 3.63) is 24.3 Å². The molecule has 1 atom stereocenters. The SMILES string of the molecule is O=C(NCCOCCCl)C1COc2ccccc2O1. The second kappa shape index (κ2) is 7.21. The largest absolute Gasteiger partial charge is 0.485 e. The highest BCUT2D eigenvalue weighted by Crippen LogP contribution is 2.30. The highest BCUT2D eigenvalue weighted by atomic mass is 35.5. The summed E-state index contributed by atoms with van der Waals surface area (Å²) in [5, 5.41) is 2.73. The van der Waals surface area contributed by atoms with Gasteiger partial charge in [0.2, 0.25) is 6.10 Å². The summed E-state index contributed by atoms with van der Waals surface area (Å²) < 4.78 is 16.2. The monoisotopic (exact) mass is 285 g/mol. The number of fused-ring (bicyclic) bond motifs is 1. The van der Waals surface area contributed by atoms with Crippen LogP contribution in [0.3, 0.4) is 0 Å². The Kier molecular flexibility index (Phi) is 5.30. The number of carbonyl (C=O) groups excluding carboxylic acids is 1. The van der Waals surface area contributed by atoms with Crippen LogP contribution in [0.4, 0.5) is 0 Å². The number of alkyl halides is 1. The van der Waals surface area contributed by atoms with Crippen LogP contribution in [0, 0.1) is 0 Å². The van der Waals surface area contributed by atoms with Gasteiger partial charge in [0.15, 0.2) is 11.5 Å². The maximum absolute atomic E-state index is 11.8. The van der Waals surface area contributed by atoms with Crippen molar-refractivity contribution in [1.82, 2.24) is 5.32 Å². The maximum Gasteiger partial charge on any atom is 0.264 e. The first-order valence-corrected chi connectivity index (χ1v) is 6.64. The van der Waals surface area contributed by atoms with Crippen molar-refractivity contribution in [3.8, 4) is 11.5 Å². The molecule has 6 heteroatoms. The molecule has 1 aromatic carbocycles. The first-order chi connectivity index (χ1) is 9.31. The highest BCUT2D eigenvalue weighted by molar-refractivity contribution is 6.17. The molecule has 0 saturated carbocycles. The molecule has 0 fully saturated rings. The first kappa shape index (κ1) is 14.0. The average molecular weight is 286 g/mol. The Morgan fingerprint density at radius 1 is 1.37 bits per heavy atom. The normalized spacial score (nSPS) is 17.0. The fourth-order valence-corrected chi connectivity index (χ4v) is 1.77. The van der Waals surface area contributed by atoms with E-state index in [9.17, 15) is 4.79 Å². The van der Waals surface area contributed by atoms with E-state index in [2.05, 4.69) is 5.32 Å². The zero-order chi connectivity index (χ0) is 13.5. The summed E-state index contributed by atoms with van der Waals surface area (Å²) in [6, 6.07) is 7.28. The smallest absolute Gasteiger partial charge is 0.264 e. The lowest BCUT2D eigenvalue weighted by Gasteiger charge is -2.25. The molecule has 0 spiro atoms. The van der Waals surface area contributed by atoms with E-state index < -0.39 is 6.10 Å². The van der Waals surface area contributed by atoms with E-state index in [1.807, 2.05) is 18.2 Å². The van der Waals surface area contributed by atoms with Crippen LogP contribution in [0.15, 0.2) is 24.3 Å². The van der Waals surface area contributed by atoms with E-state index in [0.29, 0.717) is 37.1 Å². The summed E-state index contributed by atoms with van der Waals surface area (Å²) in [5.41, 5.74) is 0. The number of benzene rings is 1. The highest BCUT2D eigenvalue weighted by Gasteiger charge is 2.26. The number of halogens is 1. The van der Waals surface area contributed by atoms with Crippen molar-refractivity contribution in [2.24, 2.45) is 0 Å². The van der Waals surface area contributed by atoms with Crippen LogP contribution >= 0.6 is 11.6 Å². The molecule has 1 amide bonds. The summed E-state index contributed by atoms with van der Waals surface area (Å²) >= 11 is 5.46. The maximum atomic E-state index is 11.8. The van der Waals surface area contributed by atoms with Crippen LogP contribution in [-0.2, 0) is 9.53 Å². The van der Waals surface area contributed by atoms with E-state index in [4.69, 9.17) is 25.8 Å². The fourth-order valence-electron chi connectivity index (χ4n) is 1.67. The molecule has 1 heterocycles. The van der Waals surface area contributed by atoms with Crippen molar-refractivity contribution >= 4 is 17.5 Å². The Labute approximate surface area is 116 Å². The van der Waals surface area contributed by atoms with E-state index in [-0.39, 0.29) is 12.5 Å². The molecule has 0 radical (unpaired) electrons. The second-order valence-corrected chi connectivity index (χ2v) is 4.33. The topological polar surface area (TPSA) is 56.8 Å². The summed E-state index contributed by atoms with van der Waals surface area (Å²) in [5.74, 6) is 1.50. The van der Waals surface area contributed by atoms with Crippen LogP contribution in [0.2, 0.25) is 0 Å². The van der Waals surface area contributed by atoms with Crippen LogP contribution in [0.25, 0.3) is 0 Å². The van der Waals surface area contributed by atoms with E-state index in [1.54, 1.807) is 6.07 Å². The summed E-state index contributed by atoms with van der Waals surface area (Å²) in [4.78, 5) is 11.8. The quantitative estimate of drug-likeness (QED) is 0.630. The van der Waals surface area contributed by atoms with Crippen LogP contribution in [0.1, 0.15) is 0 Å². The Balaban J connectivity index is 1.76. The second-order valence-electron chi connectivity index (χ2n) is 3.96. The third kappa shape index (κ3) is 4.01. The number of para-hydroxylation sites is 2. The van der Waals surface area contributed by atoms with Gasteiger partial charge >= 0.3 is 0 Å². The van der Waals surface area contributed by atoms with Gasteiger partial charge in [-0.2, -0.15) is 0 Å². The average Bonchev–Trinajstić information content (AvgIpc) is 2.46. The van der Waals surface area contributed by atoms with Crippen molar-refractivity contribution in [3.63, 3.8) is 0 Å². The minimum absolute atomic E-state index is 0.205. The molecule has 19 heavy (non-hydrogen) atoms. The van der Waals surface area contributed by atoms with Crippen molar-refractivity contribution in [2.75, 3.05) is 32.2 Å². The molecule has 104 valence electrons. The molecule has 0 bridgehead atoms. The van der Waals surface area contributed by atoms with Gasteiger partial charge in [-0.25, -0.2) is 0 Å². The predicted molar refractivity (Wildman–Crippen MR) is 70.9 cm³/mol. The van der Waals surface area contributed by atoms with Crippen molar-refractivity contribution in [1.29, 1.82) is 0 Å². The molecule has 0 aromatic heterocycles. The summed E-state index contributed by atoms with van der Waals surface area (Å²) in [7, 11) is 0. The Hall–Kier alpha value is -1.46. The van der Waals surface area contributed by atoms with Crippen molar-refractivity contribution < 1.29 is 19.0 Å². The number of nitrogens with one attached hydrogen (secondary N) is 1. The van der Waals surface area contributed by atoms with E-state index >= 15 is 0 Å². The molecule has 1 N–H and O–H groups in total. The molecule has 1 aliphatic rings. The summed E-state index contributed by atoms with van der Waals surface area (Å²) in [6.07, 6.45) is -0.622.